The third-order valence-electron chi connectivity index (χ3n) is 3.28. The van der Waals surface area contributed by atoms with Crippen LogP contribution >= 0.6 is 0 Å². The zero-order chi connectivity index (χ0) is 15.0. The van der Waals surface area contributed by atoms with Gasteiger partial charge in [-0.1, -0.05) is 30.3 Å². The molecule has 0 radical (unpaired) electrons. The molecule has 1 unspecified atom stereocenters. The molecule has 1 heterocycles. The van der Waals surface area contributed by atoms with E-state index in [0.717, 1.165) is 17.7 Å². The number of nitrogens with one attached hydrogen (secondary N) is 1. The van der Waals surface area contributed by atoms with Gasteiger partial charge < -0.3 is 10.7 Å². The second-order valence-corrected chi connectivity index (χ2v) is 4.74. The summed E-state index contributed by atoms with van der Waals surface area (Å²) >= 11 is 0. The molecule has 3 aromatic rings. The molecule has 0 spiro atoms. The number of halogens is 3. The van der Waals surface area contributed by atoms with Crippen molar-refractivity contribution in [2.24, 2.45) is 5.73 Å². The Morgan fingerprint density at radius 2 is 1.76 bits per heavy atom. The van der Waals surface area contributed by atoms with Crippen molar-refractivity contribution in [3.05, 3.63) is 65.5 Å². The third-order valence-corrected chi connectivity index (χ3v) is 3.28. The Balaban J connectivity index is 2.02. The number of nitrogens with two attached hydrogens (primary N) is 1. The van der Waals surface area contributed by atoms with Gasteiger partial charge in [0.05, 0.1) is 22.6 Å². The number of alkyl halides is 3. The number of rotatable bonds is 2. The highest BCUT2D eigenvalue weighted by Crippen LogP contribution is 2.31. The van der Waals surface area contributed by atoms with Gasteiger partial charge in [-0.05, 0) is 23.8 Å². The Morgan fingerprint density at radius 1 is 1.05 bits per heavy atom. The average Bonchev–Trinajstić information content (AvgIpc) is 2.89. The molecular formula is C15H12F3N3. The van der Waals surface area contributed by atoms with Gasteiger partial charge in [-0.2, -0.15) is 13.2 Å². The van der Waals surface area contributed by atoms with E-state index in [1.54, 1.807) is 0 Å². The number of hydrogen-bond donors (Lipinski definition) is 2. The van der Waals surface area contributed by atoms with E-state index in [0.29, 0.717) is 16.9 Å². The van der Waals surface area contributed by atoms with E-state index in [1.165, 1.54) is 6.07 Å². The van der Waals surface area contributed by atoms with Crippen LogP contribution in [0.2, 0.25) is 0 Å². The monoisotopic (exact) mass is 291 g/mol. The summed E-state index contributed by atoms with van der Waals surface area (Å²) in [4.78, 5) is 7.13. The van der Waals surface area contributed by atoms with Crippen molar-refractivity contribution in [3.8, 4) is 0 Å². The van der Waals surface area contributed by atoms with Crippen LogP contribution in [-0.2, 0) is 6.18 Å². The highest BCUT2D eigenvalue weighted by Gasteiger charge is 2.30. The molecular weight excluding hydrogens is 279 g/mol. The number of aromatic amines is 1. The minimum Gasteiger partial charge on any atom is -0.340 e. The Hall–Kier alpha value is -2.34. The molecule has 3 nitrogen and oxygen atoms in total. The van der Waals surface area contributed by atoms with Crippen molar-refractivity contribution in [2.45, 2.75) is 12.2 Å². The van der Waals surface area contributed by atoms with Crippen LogP contribution in [0.5, 0.6) is 0 Å². The van der Waals surface area contributed by atoms with Gasteiger partial charge in [0.25, 0.3) is 0 Å². The Kier molecular flexibility index (Phi) is 3.17. The van der Waals surface area contributed by atoms with E-state index in [9.17, 15) is 13.2 Å². The van der Waals surface area contributed by atoms with Crippen molar-refractivity contribution >= 4 is 11.0 Å². The number of hydrogen-bond acceptors (Lipinski definition) is 2. The van der Waals surface area contributed by atoms with Gasteiger partial charge in [-0.25, -0.2) is 4.98 Å². The molecule has 21 heavy (non-hydrogen) atoms. The van der Waals surface area contributed by atoms with Crippen molar-refractivity contribution in [2.75, 3.05) is 0 Å². The topological polar surface area (TPSA) is 54.7 Å². The molecule has 1 atom stereocenters. The van der Waals surface area contributed by atoms with Crippen molar-refractivity contribution in [1.29, 1.82) is 0 Å². The Morgan fingerprint density at radius 3 is 2.43 bits per heavy atom. The van der Waals surface area contributed by atoms with Gasteiger partial charge in [0.1, 0.15) is 5.82 Å². The van der Waals surface area contributed by atoms with Crippen LogP contribution in [0, 0.1) is 0 Å². The second-order valence-electron chi connectivity index (χ2n) is 4.74. The molecule has 0 fully saturated rings. The Bertz CT molecular complexity index is 763. The quantitative estimate of drug-likeness (QED) is 0.757. The number of aromatic nitrogens is 2. The molecule has 6 heteroatoms. The van der Waals surface area contributed by atoms with Crippen molar-refractivity contribution in [1.82, 2.24) is 9.97 Å². The van der Waals surface area contributed by atoms with Crippen LogP contribution in [0.15, 0.2) is 48.5 Å². The van der Waals surface area contributed by atoms with Crippen LogP contribution in [0.25, 0.3) is 11.0 Å². The third kappa shape index (κ3) is 2.62. The second kappa shape index (κ2) is 4.89. The van der Waals surface area contributed by atoms with E-state index >= 15 is 0 Å². The van der Waals surface area contributed by atoms with Gasteiger partial charge in [0.2, 0.25) is 0 Å². The summed E-state index contributed by atoms with van der Waals surface area (Å²) in [6.07, 6.45) is -4.37. The summed E-state index contributed by atoms with van der Waals surface area (Å²) in [5.74, 6) is 0.440. The molecule has 0 saturated carbocycles. The lowest BCUT2D eigenvalue weighted by atomic mass is 10.1. The number of imidazole rings is 1. The SMILES string of the molecule is NC(c1ccccc1)c1nc2ccc(C(F)(F)F)cc2[nH]1. The minimum atomic E-state index is -4.37. The summed E-state index contributed by atoms with van der Waals surface area (Å²) in [7, 11) is 0. The Labute approximate surface area is 118 Å². The molecule has 0 aliphatic heterocycles. The molecule has 0 amide bonds. The largest absolute Gasteiger partial charge is 0.416 e. The molecule has 0 aliphatic rings. The number of fused-ring (bicyclic) bond motifs is 1. The van der Waals surface area contributed by atoms with E-state index in [-0.39, 0.29) is 0 Å². The van der Waals surface area contributed by atoms with Crippen LogP contribution in [-0.4, -0.2) is 9.97 Å². The lowest BCUT2D eigenvalue weighted by Crippen LogP contribution is -2.13. The lowest BCUT2D eigenvalue weighted by Gasteiger charge is -2.08. The maximum atomic E-state index is 12.7. The smallest absolute Gasteiger partial charge is 0.340 e. The van der Waals surface area contributed by atoms with Gasteiger partial charge in [-0.3, -0.25) is 0 Å². The molecule has 0 aliphatic carbocycles. The van der Waals surface area contributed by atoms with Gasteiger partial charge >= 0.3 is 6.18 Å². The van der Waals surface area contributed by atoms with Crippen LogP contribution in [0.4, 0.5) is 13.2 Å². The first-order valence-corrected chi connectivity index (χ1v) is 6.32. The highest BCUT2D eigenvalue weighted by atomic mass is 19.4. The molecule has 2 aromatic carbocycles. The van der Waals surface area contributed by atoms with Gasteiger partial charge in [0, 0.05) is 0 Å². The fraction of sp³-hybridized carbons (Fsp3) is 0.133. The van der Waals surface area contributed by atoms with Crippen molar-refractivity contribution in [3.63, 3.8) is 0 Å². The van der Waals surface area contributed by atoms with E-state index in [1.807, 2.05) is 30.3 Å². The maximum absolute atomic E-state index is 12.7. The molecule has 0 bridgehead atoms. The summed E-state index contributed by atoms with van der Waals surface area (Å²) < 4.78 is 38.1. The number of benzene rings is 2. The molecule has 1 aromatic heterocycles. The molecule has 3 N–H and O–H groups in total. The number of H-pyrrole nitrogens is 1. The van der Waals surface area contributed by atoms with Crippen LogP contribution in [0.1, 0.15) is 23.0 Å². The van der Waals surface area contributed by atoms with E-state index in [2.05, 4.69) is 9.97 Å². The van der Waals surface area contributed by atoms with Gasteiger partial charge in [0.15, 0.2) is 0 Å². The fourth-order valence-corrected chi connectivity index (χ4v) is 2.17. The first-order valence-electron chi connectivity index (χ1n) is 6.32. The van der Waals surface area contributed by atoms with E-state index < -0.39 is 17.8 Å². The summed E-state index contributed by atoms with van der Waals surface area (Å²) in [5, 5.41) is 0. The predicted molar refractivity (Wildman–Crippen MR) is 73.6 cm³/mol. The zero-order valence-electron chi connectivity index (χ0n) is 10.9. The maximum Gasteiger partial charge on any atom is 0.416 e. The first kappa shape index (κ1) is 13.6. The minimum absolute atomic E-state index is 0.325. The molecule has 108 valence electrons. The summed E-state index contributed by atoms with van der Waals surface area (Å²) in [6, 6.07) is 12.1. The number of nitrogens with zero attached hydrogens (tertiary/aromatic N) is 1. The summed E-state index contributed by atoms with van der Waals surface area (Å²) in [5.41, 5.74) is 7.01. The zero-order valence-corrected chi connectivity index (χ0v) is 10.9. The summed E-state index contributed by atoms with van der Waals surface area (Å²) in [6.45, 7) is 0. The normalized spacial score (nSPS) is 13.5. The van der Waals surface area contributed by atoms with Crippen molar-refractivity contribution < 1.29 is 13.2 Å². The van der Waals surface area contributed by atoms with Crippen LogP contribution in [0.3, 0.4) is 0 Å². The fourth-order valence-electron chi connectivity index (χ4n) is 2.17. The lowest BCUT2D eigenvalue weighted by molar-refractivity contribution is -0.137. The molecule has 0 saturated heterocycles. The van der Waals surface area contributed by atoms with E-state index in [4.69, 9.17) is 5.73 Å². The average molecular weight is 291 g/mol. The highest BCUT2D eigenvalue weighted by molar-refractivity contribution is 5.76. The van der Waals surface area contributed by atoms with Gasteiger partial charge in [-0.15, -0.1) is 0 Å². The van der Waals surface area contributed by atoms with Crippen LogP contribution < -0.4 is 5.73 Å². The predicted octanol–water partition coefficient (Wildman–Crippen LogP) is 3.63. The molecule has 3 rings (SSSR count). The first-order chi connectivity index (χ1) is 9.95. The standard InChI is InChI=1S/C15H12F3N3/c16-15(17,18)10-6-7-11-12(8-10)21-14(20-11)13(19)9-4-2-1-3-5-9/h1-8,13H,19H2,(H,20,21).